The summed E-state index contributed by atoms with van der Waals surface area (Å²) in [6, 6.07) is 21.1. The molecule has 1 unspecified atom stereocenters. The van der Waals surface area contributed by atoms with Crippen molar-refractivity contribution in [1.82, 2.24) is 0 Å². The van der Waals surface area contributed by atoms with Gasteiger partial charge < -0.3 is 15.4 Å². The maximum Gasteiger partial charge on any atom is 0.246 e. The van der Waals surface area contributed by atoms with Crippen LogP contribution in [0.25, 0.3) is 10.8 Å². The molecule has 3 aromatic rings. The molecule has 0 fully saturated rings. The molecule has 0 radical (unpaired) electrons. The lowest BCUT2D eigenvalue weighted by atomic mass is 10.1. The monoisotopic (exact) mass is 320 g/mol. The van der Waals surface area contributed by atoms with Crippen LogP contribution in [-0.4, -0.2) is 19.1 Å². The van der Waals surface area contributed by atoms with Gasteiger partial charge in [-0.1, -0.05) is 42.5 Å². The Morgan fingerprint density at radius 3 is 2.58 bits per heavy atom. The van der Waals surface area contributed by atoms with Crippen molar-refractivity contribution in [3.8, 4) is 5.75 Å². The van der Waals surface area contributed by atoms with Crippen LogP contribution in [0, 0.1) is 0 Å². The minimum absolute atomic E-state index is 0.101. The van der Waals surface area contributed by atoms with E-state index in [1.165, 1.54) is 0 Å². The first-order chi connectivity index (χ1) is 11.7. The Bertz CT molecular complexity index is 856. The number of ether oxygens (including phenoxy) is 1. The number of amides is 1. The van der Waals surface area contributed by atoms with E-state index in [4.69, 9.17) is 4.74 Å². The second-order valence-corrected chi connectivity index (χ2v) is 5.61. The molecular formula is C20H20N2O2. The van der Waals surface area contributed by atoms with Gasteiger partial charge in [-0.15, -0.1) is 0 Å². The summed E-state index contributed by atoms with van der Waals surface area (Å²) < 4.78 is 5.17. The van der Waals surface area contributed by atoms with Crippen LogP contribution in [0.3, 0.4) is 0 Å². The van der Waals surface area contributed by atoms with E-state index >= 15 is 0 Å². The first-order valence-corrected chi connectivity index (χ1v) is 7.86. The van der Waals surface area contributed by atoms with Crippen molar-refractivity contribution in [1.29, 1.82) is 0 Å². The van der Waals surface area contributed by atoms with Gasteiger partial charge in [0.05, 0.1) is 7.11 Å². The van der Waals surface area contributed by atoms with Crippen LogP contribution >= 0.6 is 0 Å². The molecule has 0 saturated heterocycles. The van der Waals surface area contributed by atoms with Crippen LogP contribution in [0.2, 0.25) is 0 Å². The molecule has 0 bridgehead atoms. The van der Waals surface area contributed by atoms with Crippen molar-refractivity contribution in [2.24, 2.45) is 0 Å². The minimum atomic E-state index is -0.373. The summed E-state index contributed by atoms with van der Waals surface area (Å²) in [6.07, 6.45) is 0. The van der Waals surface area contributed by atoms with E-state index in [1.54, 1.807) is 13.2 Å². The zero-order valence-corrected chi connectivity index (χ0v) is 13.7. The average Bonchev–Trinajstić information content (AvgIpc) is 2.62. The molecule has 0 heterocycles. The zero-order chi connectivity index (χ0) is 16.9. The van der Waals surface area contributed by atoms with Gasteiger partial charge >= 0.3 is 0 Å². The number of carbonyl (C=O) groups is 1. The molecule has 0 aliphatic carbocycles. The molecule has 4 nitrogen and oxygen atoms in total. The fourth-order valence-corrected chi connectivity index (χ4v) is 2.60. The summed E-state index contributed by atoms with van der Waals surface area (Å²) in [4.78, 5) is 12.4. The van der Waals surface area contributed by atoms with Crippen molar-refractivity contribution >= 4 is 28.1 Å². The van der Waals surface area contributed by atoms with Gasteiger partial charge in [-0.3, -0.25) is 4.79 Å². The smallest absolute Gasteiger partial charge is 0.246 e. The molecule has 1 atom stereocenters. The highest BCUT2D eigenvalue weighted by Crippen LogP contribution is 2.24. The van der Waals surface area contributed by atoms with E-state index in [9.17, 15) is 4.79 Å². The van der Waals surface area contributed by atoms with Crippen LogP contribution in [0.15, 0.2) is 66.7 Å². The second-order valence-electron chi connectivity index (χ2n) is 5.61. The third kappa shape index (κ3) is 3.49. The highest BCUT2D eigenvalue weighted by atomic mass is 16.5. The Morgan fingerprint density at radius 1 is 1.00 bits per heavy atom. The maximum absolute atomic E-state index is 12.4. The van der Waals surface area contributed by atoms with Gasteiger partial charge in [0.1, 0.15) is 11.8 Å². The summed E-state index contributed by atoms with van der Waals surface area (Å²) in [7, 11) is 1.60. The Hall–Kier alpha value is -3.01. The largest absolute Gasteiger partial charge is 0.497 e. The third-order valence-electron chi connectivity index (χ3n) is 3.89. The van der Waals surface area contributed by atoms with Gasteiger partial charge in [-0.05, 0) is 30.5 Å². The van der Waals surface area contributed by atoms with Gasteiger partial charge in [0.25, 0.3) is 0 Å². The number of nitrogens with one attached hydrogen (secondary N) is 2. The van der Waals surface area contributed by atoms with E-state index in [0.29, 0.717) is 11.4 Å². The normalized spacial score (nSPS) is 11.8. The van der Waals surface area contributed by atoms with Gasteiger partial charge in [-0.25, -0.2) is 0 Å². The standard InChI is InChI=1S/C20H20N2O2/c1-14(20(23)22-16-9-6-10-17(13-16)24-2)21-19-12-5-8-15-7-3-4-11-18(15)19/h3-14,21H,1-2H3,(H,22,23). The topological polar surface area (TPSA) is 50.4 Å². The summed E-state index contributed by atoms with van der Waals surface area (Å²) in [5.74, 6) is 0.610. The Balaban J connectivity index is 1.73. The summed E-state index contributed by atoms with van der Waals surface area (Å²) in [6.45, 7) is 1.84. The summed E-state index contributed by atoms with van der Waals surface area (Å²) in [5, 5.41) is 8.43. The Morgan fingerprint density at radius 2 is 1.75 bits per heavy atom. The fourth-order valence-electron chi connectivity index (χ4n) is 2.60. The highest BCUT2D eigenvalue weighted by molar-refractivity contribution is 5.99. The quantitative estimate of drug-likeness (QED) is 0.737. The Labute approximate surface area is 141 Å². The van der Waals surface area contributed by atoms with Crippen LogP contribution < -0.4 is 15.4 Å². The maximum atomic E-state index is 12.4. The van der Waals surface area contributed by atoms with Gasteiger partial charge in [-0.2, -0.15) is 0 Å². The fraction of sp³-hybridized carbons (Fsp3) is 0.150. The first-order valence-electron chi connectivity index (χ1n) is 7.86. The van der Waals surface area contributed by atoms with E-state index in [2.05, 4.69) is 22.8 Å². The van der Waals surface area contributed by atoms with Gasteiger partial charge in [0.15, 0.2) is 0 Å². The third-order valence-corrected chi connectivity index (χ3v) is 3.89. The van der Waals surface area contributed by atoms with Crippen molar-refractivity contribution in [3.63, 3.8) is 0 Å². The highest BCUT2D eigenvalue weighted by Gasteiger charge is 2.14. The van der Waals surface area contributed by atoms with Crippen LogP contribution in [-0.2, 0) is 4.79 Å². The summed E-state index contributed by atoms with van der Waals surface area (Å²) in [5.41, 5.74) is 1.66. The van der Waals surface area contributed by atoms with Crippen molar-refractivity contribution in [3.05, 3.63) is 66.7 Å². The van der Waals surface area contributed by atoms with Crippen LogP contribution in [0.5, 0.6) is 5.75 Å². The minimum Gasteiger partial charge on any atom is -0.497 e. The SMILES string of the molecule is COc1cccc(NC(=O)C(C)Nc2cccc3ccccc23)c1. The van der Waals surface area contributed by atoms with E-state index in [0.717, 1.165) is 16.5 Å². The van der Waals surface area contributed by atoms with E-state index in [1.807, 2.05) is 55.5 Å². The predicted octanol–water partition coefficient (Wildman–Crippen LogP) is 4.29. The molecule has 1 amide bonds. The average molecular weight is 320 g/mol. The molecule has 0 saturated carbocycles. The van der Waals surface area contributed by atoms with Gasteiger partial charge in [0, 0.05) is 22.8 Å². The predicted molar refractivity (Wildman–Crippen MR) is 98.7 cm³/mol. The number of carbonyl (C=O) groups excluding carboxylic acids is 1. The molecule has 122 valence electrons. The molecule has 3 aromatic carbocycles. The lowest BCUT2D eigenvalue weighted by Crippen LogP contribution is -2.31. The summed E-state index contributed by atoms with van der Waals surface area (Å²) >= 11 is 0. The van der Waals surface area contributed by atoms with E-state index < -0.39 is 0 Å². The first kappa shape index (κ1) is 15.9. The number of rotatable bonds is 5. The van der Waals surface area contributed by atoms with Gasteiger partial charge in [0.2, 0.25) is 5.91 Å². The molecular weight excluding hydrogens is 300 g/mol. The lowest BCUT2D eigenvalue weighted by Gasteiger charge is -2.17. The molecule has 3 rings (SSSR count). The second kappa shape index (κ2) is 7.04. The Kier molecular flexibility index (Phi) is 4.66. The number of hydrogen-bond acceptors (Lipinski definition) is 3. The molecule has 2 N–H and O–H groups in total. The van der Waals surface area contributed by atoms with Crippen LogP contribution in [0.1, 0.15) is 6.92 Å². The van der Waals surface area contributed by atoms with Crippen molar-refractivity contribution in [2.75, 3.05) is 17.7 Å². The molecule has 0 aliphatic heterocycles. The van der Waals surface area contributed by atoms with Crippen LogP contribution in [0.4, 0.5) is 11.4 Å². The number of methoxy groups -OCH3 is 1. The number of benzene rings is 3. The molecule has 4 heteroatoms. The van der Waals surface area contributed by atoms with Crippen molar-refractivity contribution < 1.29 is 9.53 Å². The molecule has 0 aromatic heterocycles. The molecule has 24 heavy (non-hydrogen) atoms. The van der Waals surface area contributed by atoms with Crippen molar-refractivity contribution in [2.45, 2.75) is 13.0 Å². The number of anilines is 2. The van der Waals surface area contributed by atoms with E-state index in [-0.39, 0.29) is 11.9 Å². The molecule has 0 aliphatic rings. The number of fused-ring (bicyclic) bond motifs is 1. The molecule has 0 spiro atoms. The zero-order valence-electron chi connectivity index (χ0n) is 13.7. The number of hydrogen-bond donors (Lipinski definition) is 2. The lowest BCUT2D eigenvalue weighted by molar-refractivity contribution is -0.116.